The number of carbonyl (C=O) groups is 2. The highest BCUT2D eigenvalue weighted by Gasteiger charge is 2.48. The summed E-state index contributed by atoms with van der Waals surface area (Å²) >= 11 is 4.53. The number of nitrogens with one attached hydrogen (secondary N) is 1. The lowest BCUT2D eigenvalue weighted by atomic mass is 9.80. The second-order valence-electron chi connectivity index (χ2n) is 4.48. The summed E-state index contributed by atoms with van der Waals surface area (Å²) in [5, 5.41) is 13.8. The average molecular weight is 349 g/mol. The van der Waals surface area contributed by atoms with E-state index < -0.39 is 17.6 Å². The summed E-state index contributed by atoms with van der Waals surface area (Å²) in [4.78, 5) is 26.7. The lowest BCUT2D eigenvalue weighted by Crippen LogP contribution is -2.58. The van der Waals surface area contributed by atoms with E-state index in [1.165, 1.54) is 11.3 Å². The largest absolute Gasteiger partial charge is 0.465 e. The zero-order valence-corrected chi connectivity index (χ0v) is 12.5. The van der Waals surface area contributed by atoms with Gasteiger partial charge in [-0.2, -0.15) is 0 Å². The van der Waals surface area contributed by atoms with Gasteiger partial charge in [-0.1, -0.05) is 0 Å². The van der Waals surface area contributed by atoms with Gasteiger partial charge in [0.15, 0.2) is 0 Å². The van der Waals surface area contributed by atoms with Crippen molar-refractivity contribution < 1.29 is 19.4 Å². The van der Waals surface area contributed by atoms with Gasteiger partial charge in [0.2, 0.25) is 0 Å². The van der Waals surface area contributed by atoms with Crippen LogP contribution in [0.15, 0.2) is 9.98 Å². The fourth-order valence-corrected chi connectivity index (χ4v) is 3.69. The molecule has 104 valence electrons. The second-order valence-corrected chi connectivity index (χ2v) is 6.15. The zero-order valence-electron chi connectivity index (χ0n) is 10.1. The van der Waals surface area contributed by atoms with Crippen molar-refractivity contribution in [1.82, 2.24) is 10.3 Å². The van der Waals surface area contributed by atoms with Crippen molar-refractivity contribution in [2.24, 2.45) is 5.92 Å². The number of aldehydes is 1. The normalized spacial score (nSPS) is 30.8. The Bertz CT molecular complexity index is 495. The van der Waals surface area contributed by atoms with Crippen LogP contribution in [0.1, 0.15) is 18.4 Å². The molecule has 3 atom stereocenters. The summed E-state index contributed by atoms with van der Waals surface area (Å²) in [6, 6.07) is 0. The molecule has 1 fully saturated rings. The number of rotatable bonds is 3. The van der Waals surface area contributed by atoms with Crippen LogP contribution in [0, 0.1) is 5.92 Å². The van der Waals surface area contributed by atoms with Gasteiger partial charge in [-0.05, 0) is 29.3 Å². The Morgan fingerprint density at radius 1 is 1.79 bits per heavy atom. The van der Waals surface area contributed by atoms with Gasteiger partial charge in [0.1, 0.15) is 21.4 Å². The van der Waals surface area contributed by atoms with E-state index in [1.807, 2.05) is 6.92 Å². The molecule has 0 unspecified atom stereocenters. The van der Waals surface area contributed by atoms with Gasteiger partial charge in [0, 0.05) is 11.3 Å². The van der Waals surface area contributed by atoms with Crippen molar-refractivity contribution in [3.05, 3.63) is 15.0 Å². The summed E-state index contributed by atoms with van der Waals surface area (Å²) < 4.78 is 6.17. The van der Waals surface area contributed by atoms with Gasteiger partial charge in [0.05, 0.1) is 12.7 Å². The molecule has 8 heteroatoms. The number of halogens is 1. The van der Waals surface area contributed by atoms with Crippen molar-refractivity contribution in [3.63, 3.8) is 0 Å². The minimum absolute atomic E-state index is 0.0812. The molecule has 0 saturated carbocycles. The van der Waals surface area contributed by atoms with Gasteiger partial charge in [-0.25, -0.2) is 9.78 Å². The highest BCUT2D eigenvalue weighted by atomic mass is 79.9. The number of thiazole rings is 1. The zero-order chi connectivity index (χ0) is 14.0. The smallest absolute Gasteiger partial charge is 0.405 e. The van der Waals surface area contributed by atoms with Crippen LogP contribution in [-0.4, -0.2) is 35.2 Å². The van der Waals surface area contributed by atoms with E-state index in [9.17, 15) is 9.59 Å². The number of amides is 1. The van der Waals surface area contributed by atoms with Crippen molar-refractivity contribution in [1.29, 1.82) is 0 Å². The first kappa shape index (κ1) is 14.4. The number of nitrogens with zero attached hydrogens (tertiary/aromatic N) is 1. The first-order valence-corrected chi connectivity index (χ1v) is 7.34. The molecule has 1 aromatic rings. The van der Waals surface area contributed by atoms with Crippen molar-refractivity contribution in [2.75, 3.05) is 6.61 Å². The molecular formula is C11H13BrN2O4S. The molecule has 1 amide bonds. The Kier molecular flexibility index (Phi) is 4.22. The summed E-state index contributed by atoms with van der Waals surface area (Å²) in [6.45, 7) is 1.96. The molecule has 2 heterocycles. The molecule has 0 aliphatic carbocycles. The molecule has 19 heavy (non-hydrogen) atoms. The Labute approximate surface area is 122 Å². The number of hydrogen-bond acceptors (Lipinski definition) is 5. The Morgan fingerprint density at radius 2 is 2.53 bits per heavy atom. The number of carbonyl (C=O) groups excluding carboxylic acids is 1. The summed E-state index contributed by atoms with van der Waals surface area (Å²) in [6.07, 6.45) is -0.0377. The molecule has 1 aliphatic rings. The summed E-state index contributed by atoms with van der Waals surface area (Å²) in [7, 11) is 0. The number of ether oxygens (including phenoxy) is 1. The van der Waals surface area contributed by atoms with E-state index in [0.29, 0.717) is 16.0 Å². The van der Waals surface area contributed by atoms with Crippen LogP contribution in [0.3, 0.4) is 0 Å². The third kappa shape index (κ3) is 2.80. The molecule has 1 aromatic heterocycles. The van der Waals surface area contributed by atoms with Gasteiger partial charge in [-0.15, -0.1) is 11.3 Å². The van der Waals surface area contributed by atoms with E-state index in [0.717, 1.165) is 6.29 Å². The maximum Gasteiger partial charge on any atom is 0.405 e. The van der Waals surface area contributed by atoms with E-state index in [4.69, 9.17) is 9.84 Å². The highest BCUT2D eigenvalue weighted by molar-refractivity contribution is 9.10. The standard InChI is InChI=1S/C11H13BrN2O4S/c1-6-2-7(3-15)11(5-18-6,14-10(16)17)9-13-8(12)4-19-9/h3-4,6-7,14H,2,5H2,1H3,(H,16,17)/t6-,7-,11-/m0/s1. The first-order valence-electron chi connectivity index (χ1n) is 5.67. The Morgan fingerprint density at radius 3 is 3.05 bits per heavy atom. The third-order valence-corrected chi connectivity index (χ3v) is 4.90. The van der Waals surface area contributed by atoms with Crippen molar-refractivity contribution in [3.8, 4) is 0 Å². The van der Waals surface area contributed by atoms with Crippen LogP contribution in [0.2, 0.25) is 0 Å². The van der Waals surface area contributed by atoms with Crippen LogP contribution in [-0.2, 0) is 15.1 Å². The molecule has 1 saturated heterocycles. The van der Waals surface area contributed by atoms with Crippen molar-refractivity contribution in [2.45, 2.75) is 25.0 Å². The van der Waals surface area contributed by atoms with E-state index in [-0.39, 0.29) is 12.7 Å². The number of aromatic nitrogens is 1. The molecule has 2 rings (SSSR count). The summed E-state index contributed by atoms with van der Waals surface area (Å²) in [5.41, 5.74) is -1.10. The fourth-order valence-electron chi connectivity index (χ4n) is 2.23. The number of carboxylic acid groups (broad SMARTS) is 1. The molecule has 0 radical (unpaired) electrons. The Balaban J connectivity index is 2.43. The van der Waals surface area contributed by atoms with Gasteiger partial charge < -0.3 is 20.0 Å². The van der Waals surface area contributed by atoms with Crippen LogP contribution in [0.4, 0.5) is 4.79 Å². The predicted octanol–water partition coefficient (Wildman–Crippen LogP) is 1.99. The maximum atomic E-state index is 11.4. The van der Waals surface area contributed by atoms with Crippen LogP contribution < -0.4 is 5.32 Å². The summed E-state index contributed by atoms with van der Waals surface area (Å²) in [5.74, 6) is -0.495. The minimum Gasteiger partial charge on any atom is -0.465 e. The predicted molar refractivity (Wildman–Crippen MR) is 72.2 cm³/mol. The topological polar surface area (TPSA) is 88.5 Å². The molecule has 1 aliphatic heterocycles. The minimum atomic E-state index is -1.20. The first-order chi connectivity index (χ1) is 8.98. The van der Waals surface area contributed by atoms with Crippen LogP contribution in [0.5, 0.6) is 0 Å². The van der Waals surface area contributed by atoms with Crippen LogP contribution in [0.25, 0.3) is 0 Å². The quantitative estimate of drug-likeness (QED) is 0.815. The van der Waals surface area contributed by atoms with Gasteiger partial charge in [0.25, 0.3) is 0 Å². The number of hydrogen-bond donors (Lipinski definition) is 2. The lowest BCUT2D eigenvalue weighted by Gasteiger charge is -2.41. The molecule has 2 N–H and O–H groups in total. The molecule has 6 nitrogen and oxygen atoms in total. The Hall–Kier alpha value is -0.990. The monoisotopic (exact) mass is 348 g/mol. The molecule has 0 spiro atoms. The van der Waals surface area contributed by atoms with E-state index in [2.05, 4.69) is 26.2 Å². The van der Waals surface area contributed by atoms with E-state index in [1.54, 1.807) is 5.38 Å². The second kappa shape index (κ2) is 5.56. The maximum absolute atomic E-state index is 11.4. The van der Waals surface area contributed by atoms with Gasteiger partial charge >= 0.3 is 6.09 Å². The molecular weight excluding hydrogens is 336 g/mol. The van der Waals surface area contributed by atoms with Gasteiger partial charge in [-0.3, -0.25) is 0 Å². The lowest BCUT2D eigenvalue weighted by molar-refractivity contribution is -0.124. The fraction of sp³-hybridized carbons (Fsp3) is 0.545. The highest BCUT2D eigenvalue weighted by Crippen LogP contribution is 2.38. The average Bonchev–Trinajstić information content (AvgIpc) is 2.78. The van der Waals surface area contributed by atoms with Crippen molar-refractivity contribution >= 4 is 39.6 Å². The third-order valence-electron chi connectivity index (χ3n) is 3.17. The molecule has 0 aromatic carbocycles. The molecule has 0 bridgehead atoms. The van der Waals surface area contributed by atoms with E-state index >= 15 is 0 Å². The van der Waals surface area contributed by atoms with Crippen LogP contribution >= 0.6 is 27.3 Å². The SMILES string of the molecule is C[C@H]1C[C@@H](C=O)[C@](NC(=O)O)(c2nc(Br)cs2)CO1.